The molecular weight excluding hydrogens is 223 g/mol. The van der Waals surface area contributed by atoms with Gasteiger partial charge in [-0.2, -0.15) is 18.3 Å². The molecule has 84 valence electrons. The van der Waals surface area contributed by atoms with Crippen molar-refractivity contribution in [1.82, 2.24) is 19.7 Å². The van der Waals surface area contributed by atoms with E-state index >= 15 is 0 Å². The van der Waals surface area contributed by atoms with Gasteiger partial charge in [0.05, 0.1) is 12.4 Å². The molecule has 0 fully saturated rings. The summed E-state index contributed by atoms with van der Waals surface area (Å²) < 4.78 is 37.7. The lowest BCUT2D eigenvalue weighted by atomic mass is 10.4. The zero-order chi connectivity index (χ0) is 11.8. The van der Waals surface area contributed by atoms with Crippen molar-refractivity contribution in [3.05, 3.63) is 30.4 Å². The molecule has 0 saturated heterocycles. The van der Waals surface area contributed by atoms with Gasteiger partial charge in [-0.3, -0.25) is 0 Å². The standard InChI is InChI=1S/C8H6F3N5/c9-8(10,11)5-1-2-16(15-5)7-4-13-6(12)3-14-7/h1-4H,(H2,12,13). The van der Waals surface area contributed by atoms with E-state index in [-0.39, 0.29) is 11.6 Å². The van der Waals surface area contributed by atoms with E-state index in [1.54, 1.807) is 0 Å². The molecule has 0 amide bonds. The van der Waals surface area contributed by atoms with Crippen molar-refractivity contribution in [3.63, 3.8) is 0 Å². The fraction of sp³-hybridized carbons (Fsp3) is 0.125. The summed E-state index contributed by atoms with van der Waals surface area (Å²) in [5, 5.41) is 3.33. The lowest BCUT2D eigenvalue weighted by Gasteiger charge is -2.01. The summed E-state index contributed by atoms with van der Waals surface area (Å²) in [7, 11) is 0. The number of alkyl halides is 3. The molecule has 0 atom stereocenters. The molecule has 8 heteroatoms. The highest BCUT2D eigenvalue weighted by Gasteiger charge is 2.33. The maximum absolute atomic E-state index is 12.2. The Morgan fingerprint density at radius 1 is 1.19 bits per heavy atom. The lowest BCUT2D eigenvalue weighted by molar-refractivity contribution is -0.141. The Hall–Kier alpha value is -2.12. The third-order valence-electron chi connectivity index (χ3n) is 1.77. The lowest BCUT2D eigenvalue weighted by Crippen LogP contribution is -2.08. The maximum Gasteiger partial charge on any atom is 0.435 e. The number of anilines is 1. The Kier molecular flexibility index (Phi) is 2.26. The Morgan fingerprint density at radius 2 is 1.94 bits per heavy atom. The first-order chi connectivity index (χ1) is 7.47. The van der Waals surface area contributed by atoms with Crippen molar-refractivity contribution in [3.8, 4) is 5.82 Å². The van der Waals surface area contributed by atoms with Gasteiger partial charge >= 0.3 is 6.18 Å². The van der Waals surface area contributed by atoms with Crippen molar-refractivity contribution < 1.29 is 13.2 Å². The third-order valence-corrected chi connectivity index (χ3v) is 1.77. The molecule has 2 aromatic rings. The monoisotopic (exact) mass is 229 g/mol. The van der Waals surface area contributed by atoms with Crippen LogP contribution in [0.5, 0.6) is 0 Å². The number of aromatic nitrogens is 4. The molecule has 2 heterocycles. The molecule has 2 aromatic heterocycles. The molecule has 0 aromatic carbocycles. The van der Waals surface area contributed by atoms with Gasteiger partial charge in [0.15, 0.2) is 11.5 Å². The summed E-state index contributed by atoms with van der Waals surface area (Å²) in [6.07, 6.45) is -0.831. The van der Waals surface area contributed by atoms with Crippen LogP contribution in [0.2, 0.25) is 0 Å². The van der Waals surface area contributed by atoms with Crippen LogP contribution in [-0.4, -0.2) is 19.7 Å². The molecule has 0 radical (unpaired) electrons. The van der Waals surface area contributed by atoms with Crippen molar-refractivity contribution >= 4 is 5.82 Å². The second-order valence-electron chi connectivity index (χ2n) is 2.94. The average Bonchev–Trinajstić information content (AvgIpc) is 2.67. The summed E-state index contributed by atoms with van der Waals surface area (Å²) in [5.74, 6) is 0.358. The van der Waals surface area contributed by atoms with Crippen LogP contribution in [-0.2, 0) is 6.18 Å². The minimum Gasteiger partial charge on any atom is -0.382 e. The van der Waals surface area contributed by atoms with E-state index in [0.29, 0.717) is 0 Å². The summed E-state index contributed by atoms with van der Waals surface area (Å²) in [6, 6.07) is 0.859. The molecule has 5 nitrogen and oxygen atoms in total. The molecule has 16 heavy (non-hydrogen) atoms. The second-order valence-corrected chi connectivity index (χ2v) is 2.94. The van der Waals surface area contributed by atoms with Gasteiger partial charge in [0.2, 0.25) is 0 Å². The number of nitrogens with zero attached hydrogens (tertiary/aromatic N) is 4. The number of hydrogen-bond acceptors (Lipinski definition) is 4. The van der Waals surface area contributed by atoms with E-state index < -0.39 is 11.9 Å². The fourth-order valence-electron chi connectivity index (χ4n) is 1.05. The van der Waals surface area contributed by atoms with Gasteiger partial charge in [0.1, 0.15) is 5.82 Å². The van der Waals surface area contributed by atoms with Crippen molar-refractivity contribution in [2.45, 2.75) is 6.18 Å². The molecule has 2 N–H and O–H groups in total. The molecule has 0 aliphatic heterocycles. The SMILES string of the molecule is Nc1cnc(-n2ccc(C(F)(F)F)n2)cn1. The van der Waals surface area contributed by atoms with E-state index in [1.165, 1.54) is 12.4 Å². The Labute approximate surface area is 87.7 Å². The Balaban J connectivity index is 2.35. The van der Waals surface area contributed by atoms with Gasteiger partial charge < -0.3 is 5.73 Å². The van der Waals surface area contributed by atoms with Crippen LogP contribution in [0.4, 0.5) is 19.0 Å². The first kappa shape index (κ1) is 10.4. The smallest absolute Gasteiger partial charge is 0.382 e. The van der Waals surface area contributed by atoms with E-state index in [2.05, 4.69) is 15.1 Å². The van der Waals surface area contributed by atoms with Gasteiger partial charge in [-0.15, -0.1) is 0 Å². The average molecular weight is 229 g/mol. The van der Waals surface area contributed by atoms with Crippen molar-refractivity contribution in [2.75, 3.05) is 5.73 Å². The minimum atomic E-state index is -4.47. The summed E-state index contributed by atoms with van der Waals surface area (Å²) >= 11 is 0. The minimum absolute atomic E-state index is 0.171. The van der Waals surface area contributed by atoms with Gasteiger partial charge in [0, 0.05) is 6.20 Å². The molecular formula is C8H6F3N5. The Morgan fingerprint density at radius 3 is 2.44 bits per heavy atom. The maximum atomic E-state index is 12.2. The van der Waals surface area contributed by atoms with E-state index in [9.17, 15) is 13.2 Å². The molecule has 0 saturated carbocycles. The number of hydrogen-bond donors (Lipinski definition) is 1. The highest BCUT2D eigenvalue weighted by molar-refractivity contribution is 5.28. The van der Waals surface area contributed by atoms with Crippen LogP contribution >= 0.6 is 0 Å². The van der Waals surface area contributed by atoms with Gasteiger partial charge in [0.25, 0.3) is 0 Å². The van der Waals surface area contributed by atoms with Gasteiger partial charge in [-0.1, -0.05) is 0 Å². The zero-order valence-electron chi connectivity index (χ0n) is 7.81. The zero-order valence-corrected chi connectivity index (χ0v) is 7.81. The predicted molar refractivity (Wildman–Crippen MR) is 48.6 cm³/mol. The van der Waals surface area contributed by atoms with Crippen LogP contribution < -0.4 is 5.73 Å². The molecule has 0 aliphatic rings. The molecule has 2 rings (SSSR count). The third kappa shape index (κ3) is 1.95. The molecule has 0 aliphatic carbocycles. The highest BCUT2D eigenvalue weighted by atomic mass is 19.4. The molecule has 0 bridgehead atoms. The van der Waals surface area contributed by atoms with Crippen molar-refractivity contribution in [2.24, 2.45) is 0 Å². The van der Waals surface area contributed by atoms with Gasteiger partial charge in [-0.25, -0.2) is 14.6 Å². The summed E-state index contributed by atoms with van der Waals surface area (Å²) in [6.45, 7) is 0. The normalized spacial score (nSPS) is 11.7. The first-order valence-corrected chi connectivity index (χ1v) is 4.17. The predicted octanol–water partition coefficient (Wildman–Crippen LogP) is 1.26. The molecule has 0 spiro atoms. The summed E-state index contributed by atoms with van der Waals surface area (Å²) in [5.41, 5.74) is 4.32. The first-order valence-electron chi connectivity index (χ1n) is 4.17. The second kappa shape index (κ2) is 3.47. The van der Waals surface area contributed by atoms with Crippen LogP contribution in [0.25, 0.3) is 5.82 Å². The largest absolute Gasteiger partial charge is 0.435 e. The molecule has 0 unspecified atom stereocenters. The topological polar surface area (TPSA) is 69.6 Å². The Bertz CT molecular complexity index is 487. The van der Waals surface area contributed by atoms with Crippen LogP contribution in [0.15, 0.2) is 24.7 Å². The van der Waals surface area contributed by atoms with E-state index in [4.69, 9.17) is 5.73 Å². The highest BCUT2D eigenvalue weighted by Crippen LogP contribution is 2.27. The van der Waals surface area contributed by atoms with Crippen LogP contribution in [0.3, 0.4) is 0 Å². The van der Waals surface area contributed by atoms with Crippen molar-refractivity contribution in [1.29, 1.82) is 0 Å². The number of nitrogen functional groups attached to an aromatic ring is 1. The van der Waals surface area contributed by atoms with Gasteiger partial charge in [-0.05, 0) is 6.07 Å². The van der Waals surface area contributed by atoms with Crippen LogP contribution in [0.1, 0.15) is 5.69 Å². The van der Waals surface area contributed by atoms with Crippen LogP contribution in [0, 0.1) is 0 Å². The summed E-state index contributed by atoms with van der Waals surface area (Å²) in [4.78, 5) is 7.49. The quantitative estimate of drug-likeness (QED) is 0.799. The number of nitrogens with two attached hydrogens (primary N) is 1. The van der Waals surface area contributed by atoms with E-state index in [0.717, 1.165) is 16.9 Å². The number of rotatable bonds is 1. The van der Waals surface area contributed by atoms with E-state index in [1.807, 2.05) is 0 Å². The number of halogens is 3. The fourth-order valence-corrected chi connectivity index (χ4v) is 1.05.